The van der Waals surface area contributed by atoms with Crippen molar-refractivity contribution in [2.45, 2.75) is 20.3 Å². The van der Waals surface area contributed by atoms with Gasteiger partial charge in [0.05, 0.1) is 17.9 Å². The molecule has 0 radical (unpaired) electrons. The maximum atomic E-state index is 11.5. The summed E-state index contributed by atoms with van der Waals surface area (Å²) < 4.78 is 6.59. The standard InChI is InChI=1S/C14H14BrNO3/c1-3-6-18-13-5-4-11(15)7-10(13)8-12-9(2)16-19-14(12)17/h4-5,7-8H,3,6H2,1-2H3/b12-8+. The van der Waals surface area contributed by atoms with Gasteiger partial charge in [0.1, 0.15) is 5.75 Å². The average molecular weight is 324 g/mol. The average Bonchev–Trinajstić information content (AvgIpc) is 2.70. The Morgan fingerprint density at radius 2 is 2.26 bits per heavy atom. The number of nitrogens with zero attached hydrogens (tertiary/aromatic N) is 1. The van der Waals surface area contributed by atoms with E-state index in [1.54, 1.807) is 13.0 Å². The fourth-order valence-electron chi connectivity index (χ4n) is 1.65. The van der Waals surface area contributed by atoms with Crippen molar-refractivity contribution in [3.05, 3.63) is 33.8 Å². The fourth-order valence-corrected chi connectivity index (χ4v) is 2.03. The van der Waals surface area contributed by atoms with Crippen LogP contribution in [0.3, 0.4) is 0 Å². The zero-order chi connectivity index (χ0) is 13.8. The first-order valence-electron chi connectivity index (χ1n) is 6.02. The van der Waals surface area contributed by atoms with Crippen molar-refractivity contribution in [1.82, 2.24) is 0 Å². The molecule has 1 aromatic carbocycles. The molecule has 0 saturated heterocycles. The van der Waals surface area contributed by atoms with Crippen LogP contribution in [-0.2, 0) is 9.63 Å². The van der Waals surface area contributed by atoms with E-state index in [0.29, 0.717) is 17.9 Å². The van der Waals surface area contributed by atoms with E-state index in [2.05, 4.69) is 25.9 Å². The van der Waals surface area contributed by atoms with Crippen LogP contribution in [0.4, 0.5) is 0 Å². The highest BCUT2D eigenvalue weighted by atomic mass is 79.9. The third kappa shape index (κ3) is 3.23. The zero-order valence-corrected chi connectivity index (χ0v) is 12.4. The molecule has 4 nitrogen and oxygen atoms in total. The molecule has 0 amide bonds. The molecule has 0 spiro atoms. The van der Waals surface area contributed by atoms with E-state index in [1.807, 2.05) is 25.1 Å². The van der Waals surface area contributed by atoms with Crippen molar-refractivity contribution in [3.8, 4) is 5.75 Å². The monoisotopic (exact) mass is 323 g/mol. The van der Waals surface area contributed by atoms with Crippen molar-refractivity contribution in [1.29, 1.82) is 0 Å². The van der Waals surface area contributed by atoms with Gasteiger partial charge in [-0.2, -0.15) is 0 Å². The van der Waals surface area contributed by atoms with E-state index in [-0.39, 0.29) is 0 Å². The molecule has 0 unspecified atom stereocenters. The number of hydrogen-bond donors (Lipinski definition) is 0. The number of ether oxygens (including phenoxy) is 1. The topological polar surface area (TPSA) is 47.9 Å². The van der Waals surface area contributed by atoms with Crippen molar-refractivity contribution in [2.75, 3.05) is 6.61 Å². The number of hydrogen-bond acceptors (Lipinski definition) is 4. The third-order valence-electron chi connectivity index (χ3n) is 2.61. The summed E-state index contributed by atoms with van der Waals surface area (Å²) in [4.78, 5) is 16.2. The Bertz CT molecular complexity index is 564. The quantitative estimate of drug-likeness (QED) is 0.628. The van der Waals surface area contributed by atoms with Gasteiger partial charge in [-0.25, -0.2) is 4.79 Å². The number of carbonyl (C=O) groups is 1. The van der Waals surface area contributed by atoms with Crippen molar-refractivity contribution < 1.29 is 14.4 Å². The lowest BCUT2D eigenvalue weighted by atomic mass is 10.1. The molecule has 0 aliphatic carbocycles. The van der Waals surface area contributed by atoms with E-state index >= 15 is 0 Å². The van der Waals surface area contributed by atoms with Crippen LogP contribution in [0.1, 0.15) is 25.8 Å². The van der Waals surface area contributed by atoms with E-state index in [4.69, 9.17) is 4.74 Å². The largest absolute Gasteiger partial charge is 0.493 e. The molecule has 5 heteroatoms. The Balaban J connectivity index is 2.38. The summed E-state index contributed by atoms with van der Waals surface area (Å²) in [6.07, 6.45) is 2.67. The molecule has 0 atom stereocenters. The van der Waals surface area contributed by atoms with Crippen molar-refractivity contribution in [3.63, 3.8) is 0 Å². The van der Waals surface area contributed by atoms with Crippen LogP contribution in [0.15, 0.2) is 33.4 Å². The SMILES string of the molecule is CCCOc1ccc(Br)cc1/C=C1/C(=O)ON=C1C. The van der Waals surface area contributed by atoms with Gasteiger partial charge in [-0.3, -0.25) is 0 Å². The van der Waals surface area contributed by atoms with Crippen molar-refractivity contribution in [2.24, 2.45) is 5.16 Å². The molecule has 0 saturated carbocycles. The number of benzene rings is 1. The molecular weight excluding hydrogens is 310 g/mol. The summed E-state index contributed by atoms with van der Waals surface area (Å²) in [6.45, 7) is 4.42. The molecule has 0 fully saturated rings. The Morgan fingerprint density at radius 1 is 1.47 bits per heavy atom. The lowest BCUT2D eigenvalue weighted by Gasteiger charge is -2.09. The minimum absolute atomic E-state index is 0.432. The number of oxime groups is 1. The van der Waals surface area contributed by atoms with E-state index in [9.17, 15) is 4.79 Å². The molecule has 0 N–H and O–H groups in total. The minimum Gasteiger partial charge on any atom is -0.493 e. The summed E-state index contributed by atoms with van der Waals surface area (Å²) in [5.74, 6) is 0.309. The summed E-state index contributed by atoms with van der Waals surface area (Å²) in [5, 5.41) is 3.66. The van der Waals surface area contributed by atoms with Gasteiger partial charge in [0, 0.05) is 10.0 Å². The van der Waals surface area contributed by atoms with Crippen LogP contribution in [0.25, 0.3) is 6.08 Å². The van der Waals surface area contributed by atoms with E-state index in [1.165, 1.54) is 0 Å². The van der Waals surface area contributed by atoms with Gasteiger partial charge >= 0.3 is 5.97 Å². The molecule has 1 aliphatic heterocycles. The third-order valence-corrected chi connectivity index (χ3v) is 3.10. The highest BCUT2D eigenvalue weighted by molar-refractivity contribution is 9.10. The minimum atomic E-state index is -0.432. The van der Waals surface area contributed by atoms with Crippen LogP contribution < -0.4 is 4.74 Å². The Kier molecular flexibility index (Phi) is 4.37. The molecule has 1 aromatic rings. The van der Waals surface area contributed by atoms with Crippen LogP contribution in [0, 0.1) is 0 Å². The summed E-state index contributed by atoms with van der Waals surface area (Å²) >= 11 is 3.41. The second-order valence-electron chi connectivity index (χ2n) is 4.14. The van der Waals surface area contributed by atoms with Gasteiger partial charge in [-0.15, -0.1) is 0 Å². The lowest BCUT2D eigenvalue weighted by molar-refractivity contribution is -0.136. The summed E-state index contributed by atoms with van der Waals surface area (Å²) in [7, 11) is 0. The number of halogens is 1. The molecule has 1 aliphatic rings. The second kappa shape index (κ2) is 6.02. The van der Waals surface area contributed by atoms with Gasteiger partial charge in [0.25, 0.3) is 0 Å². The molecule has 0 aromatic heterocycles. The van der Waals surface area contributed by atoms with E-state index < -0.39 is 5.97 Å². The predicted molar refractivity (Wildman–Crippen MR) is 77.1 cm³/mol. The normalized spacial score (nSPS) is 16.5. The van der Waals surface area contributed by atoms with Crippen molar-refractivity contribution >= 4 is 33.7 Å². The van der Waals surface area contributed by atoms with Gasteiger partial charge < -0.3 is 9.57 Å². The first-order valence-corrected chi connectivity index (χ1v) is 6.81. The first-order chi connectivity index (χ1) is 9.11. The molecule has 100 valence electrons. The second-order valence-corrected chi connectivity index (χ2v) is 5.06. The maximum Gasteiger partial charge on any atom is 0.367 e. The molecule has 2 rings (SSSR count). The molecule has 19 heavy (non-hydrogen) atoms. The van der Waals surface area contributed by atoms with Gasteiger partial charge in [-0.1, -0.05) is 28.0 Å². The van der Waals surface area contributed by atoms with Gasteiger partial charge in [0.2, 0.25) is 0 Å². The Hall–Kier alpha value is -1.62. The van der Waals surface area contributed by atoms with Crippen LogP contribution in [0.5, 0.6) is 5.75 Å². The van der Waals surface area contributed by atoms with E-state index in [0.717, 1.165) is 22.2 Å². The smallest absolute Gasteiger partial charge is 0.367 e. The number of rotatable bonds is 4. The van der Waals surface area contributed by atoms with Gasteiger partial charge in [0.15, 0.2) is 0 Å². The number of carbonyl (C=O) groups excluding carboxylic acids is 1. The summed E-state index contributed by atoms with van der Waals surface area (Å²) in [5.41, 5.74) is 1.86. The fraction of sp³-hybridized carbons (Fsp3) is 0.286. The van der Waals surface area contributed by atoms with Crippen LogP contribution >= 0.6 is 15.9 Å². The molecular formula is C14H14BrNO3. The van der Waals surface area contributed by atoms with Gasteiger partial charge in [-0.05, 0) is 37.6 Å². The van der Waals surface area contributed by atoms with Crippen LogP contribution in [0.2, 0.25) is 0 Å². The van der Waals surface area contributed by atoms with Crippen LogP contribution in [-0.4, -0.2) is 18.3 Å². The molecule has 0 bridgehead atoms. The Morgan fingerprint density at radius 3 is 2.89 bits per heavy atom. The lowest BCUT2D eigenvalue weighted by Crippen LogP contribution is -2.03. The zero-order valence-electron chi connectivity index (χ0n) is 10.8. The molecule has 1 heterocycles. The summed E-state index contributed by atoms with van der Waals surface area (Å²) in [6, 6.07) is 5.68. The highest BCUT2D eigenvalue weighted by Crippen LogP contribution is 2.27. The predicted octanol–water partition coefficient (Wildman–Crippen LogP) is 3.55. The maximum absolute atomic E-state index is 11.5. The Labute approximate surface area is 120 Å². The highest BCUT2D eigenvalue weighted by Gasteiger charge is 2.22. The first kappa shape index (κ1) is 13.8.